The molecule has 0 aliphatic carbocycles. The van der Waals surface area contributed by atoms with E-state index in [0.29, 0.717) is 16.2 Å². The standard InChI is InChI=1S/C13H20BrNO2/c1-7(14)6-8(2)15-13(16)12-9(3)10(4)17-11(12)5/h7-8H,6H2,1-5H3,(H,15,16). The molecule has 1 amide bonds. The van der Waals surface area contributed by atoms with Gasteiger partial charge in [-0.2, -0.15) is 0 Å². The molecule has 17 heavy (non-hydrogen) atoms. The molecule has 0 radical (unpaired) electrons. The molecule has 2 atom stereocenters. The van der Waals surface area contributed by atoms with E-state index in [2.05, 4.69) is 28.2 Å². The van der Waals surface area contributed by atoms with E-state index in [-0.39, 0.29) is 11.9 Å². The molecule has 0 saturated heterocycles. The van der Waals surface area contributed by atoms with Gasteiger partial charge < -0.3 is 9.73 Å². The fourth-order valence-corrected chi connectivity index (χ4v) is 2.53. The minimum Gasteiger partial charge on any atom is -0.466 e. The maximum atomic E-state index is 12.1. The number of carbonyl (C=O) groups is 1. The van der Waals surface area contributed by atoms with Gasteiger partial charge in [0.05, 0.1) is 5.56 Å². The van der Waals surface area contributed by atoms with Crippen molar-refractivity contribution in [1.29, 1.82) is 0 Å². The highest BCUT2D eigenvalue weighted by molar-refractivity contribution is 9.09. The Morgan fingerprint density at radius 2 is 1.88 bits per heavy atom. The highest BCUT2D eigenvalue weighted by Gasteiger charge is 2.20. The minimum absolute atomic E-state index is 0.0440. The topological polar surface area (TPSA) is 42.2 Å². The third kappa shape index (κ3) is 3.60. The van der Waals surface area contributed by atoms with Crippen molar-refractivity contribution in [1.82, 2.24) is 5.32 Å². The van der Waals surface area contributed by atoms with Crippen molar-refractivity contribution in [2.75, 3.05) is 0 Å². The molecule has 1 rings (SSSR count). The summed E-state index contributed by atoms with van der Waals surface area (Å²) in [6.45, 7) is 9.70. The second kappa shape index (κ2) is 5.71. The molecule has 3 nitrogen and oxygen atoms in total. The van der Waals surface area contributed by atoms with Crippen LogP contribution in [0.1, 0.15) is 47.7 Å². The lowest BCUT2D eigenvalue weighted by molar-refractivity contribution is 0.0936. The number of halogens is 1. The molecule has 96 valence electrons. The highest BCUT2D eigenvalue weighted by Crippen LogP contribution is 2.20. The number of alkyl halides is 1. The Morgan fingerprint density at radius 3 is 2.29 bits per heavy atom. The lowest BCUT2D eigenvalue weighted by atomic mass is 10.1. The third-order valence-electron chi connectivity index (χ3n) is 2.84. The number of carbonyl (C=O) groups excluding carboxylic acids is 1. The van der Waals surface area contributed by atoms with Gasteiger partial charge in [-0.15, -0.1) is 0 Å². The molecule has 0 spiro atoms. The first kappa shape index (κ1) is 14.3. The van der Waals surface area contributed by atoms with Crippen LogP contribution in [0, 0.1) is 20.8 Å². The molecule has 1 heterocycles. The quantitative estimate of drug-likeness (QED) is 0.865. The molecule has 0 fully saturated rings. The van der Waals surface area contributed by atoms with Crippen LogP contribution in [-0.2, 0) is 0 Å². The zero-order chi connectivity index (χ0) is 13.2. The van der Waals surface area contributed by atoms with Crippen molar-refractivity contribution in [3.63, 3.8) is 0 Å². The van der Waals surface area contributed by atoms with Crippen molar-refractivity contribution in [2.45, 2.75) is 51.9 Å². The van der Waals surface area contributed by atoms with Gasteiger partial charge in [-0.25, -0.2) is 0 Å². The first-order valence-corrected chi connectivity index (χ1v) is 6.76. The first-order valence-electron chi connectivity index (χ1n) is 5.84. The predicted molar refractivity (Wildman–Crippen MR) is 72.9 cm³/mol. The number of amides is 1. The van der Waals surface area contributed by atoms with Gasteiger partial charge in [-0.05, 0) is 34.1 Å². The number of furan rings is 1. The Labute approximate surface area is 111 Å². The number of hydrogen-bond acceptors (Lipinski definition) is 2. The van der Waals surface area contributed by atoms with Crippen molar-refractivity contribution < 1.29 is 9.21 Å². The minimum atomic E-state index is -0.0440. The van der Waals surface area contributed by atoms with Gasteiger partial charge in [-0.3, -0.25) is 4.79 Å². The van der Waals surface area contributed by atoms with Crippen LogP contribution >= 0.6 is 15.9 Å². The second-order valence-electron chi connectivity index (χ2n) is 4.61. The molecular formula is C13H20BrNO2. The third-order valence-corrected chi connectivity index (χ3v) is 3.22. The van der Waals surface area contributed by atoms with E-state index < -0.39 is 0 Å². The molecule has 1 aromatic rings. The van der Waals surface area contributed by atoms with E-state index in [1.807, 2.05) is 27.7 Å². The molecule has 2 unspecified atom stereocenters. The van der Waals surface area contributed by atoms with E-state index in [0.717, 1.165) is 17.7 Å². The molecule has 0 aliphatic heterocycles. The van der Waals surface area contributed by atoms with Crippen LogP contribution in [0.3, 0.4) is 0 Å². The fraction of sp³-hybridized carbons (Fsp3) is 0.615. The van der Waals surface area contributed by atoms with Crippen LogP contribution in [0.25, 0.3) is 0 Å². The van der Waals surface area contributed by atoms with Crippen LogP contribution in [0.2, 0.25) is 0 Å². The van der Waals surface area contributed by atoms with Crippen molar-refractivity contribution in [3.05, 3.63) is 22.6 Å². The average Bonchev–Trinajstić information content (AvgIpc) is 2.39. The highest BCUT2D eigenvalue weighted by atomic mass is 79.9. The normalized spacial score (nSPS) is 14.5. The van der Waals surface area contributed by atoms with Gasteiger partial charge in [-0.1, -0.05) is 22.9 Å². The zero-order valence-corrected chi connectivity index (χ0v) is 12.6. The van der Waals surface area contributed by atoms with Gasteiger partial charge in [0.25, 0.3) is 5.91 Å². The molecule has 1 N–H and O–H groups in total. The maximum absolute atomic E-state index is 12.1. The molecular weight excluding hydrogens is 282 g/mol. The largest absolute Gasteiger partial charge is 0.466 e. The van der Waals surface area contributed by atoms with Gasteiger partial charge in [0, 0.05) is 16.4 Å². The maximum Gasteiger partial charge on any atom is 0.255 e. The van der Waals surface area contributed by atoms with E-state index in [1.54, 1.807) is 0 Å². The molecule has 0 bridgehead atoms. The summed E-state index contributed by atoms with van der Waals surface area (Å²) in [5.41, 5.74) is 1.61. The summed E-state index contributed by atoms with van der Waals surface area (Å²) in [6, 6.07) is 0.144. The number of nitrogens with one attached hydrogen (secondary N) is 1. The Hall–Kier alpha value is -0.770. The second-order valence-corrected chi connectivity index (χ2v) is 6.17. The lowest BCUT2D eigenvalue weighted by Gasteiger charge is -2.15. The van der Waals surface area contributed by atoms with Gasteiger partial charge >= 0.3 is 0 Å². The number of rotatable bonds is 4. The summed E-state index contributed by atoms with van der Waals surface area (Å²) < 4.78 is 5.46. The SMILES string of the molecule is Cc1oc(C)c(C(=O)NC(C)CC(C)Br)c1C. The molecule has 1 aromatic heterocycles. The molecule has 0 aliphatic rings. The van der Waals surface area contributed by atoms with Crippen molar-refractivity contribution in [2.24, 2.45) is 0 Å². The number of hydrogen-bond donors (Lipinski definition) is 1. The predicted octanol–water partition coefficient (Wildman–Crippen LogP) is 3.50. The Bertz CT molecular complexity index is 410. The summed E-state index contributed by atoms with van der Waals surface area (Å²) in [7, 11) is 0. The summed E-state index contributed by atoms with van der Waals surface area (Å²) in [6.07, 6.45) is 0.903. The molecule has 0 saturated carbocycles. The van der Waals surface area contributed by atoms with Crippen LogP contribution in [0.15, 0.2) is 4.42 Å². The van der Waals surface area contributed by atoms with Gasteiger partial charge in [0.15, 0.2) is 0 Å². The smallest absolute Gasteiger partial charge is 0.255 e. The van der Waals surface area contributed by atoms with Gasteiger partial charge in [0.1, 0.15) is 11.5 Å². The van der Waals surface area contributed by atoms with Crippen LogP contribution in [0.5, 0.6) is 0 Å². The Balaban J connectivity index is 2.76. The summed E-state index contributed by atoms with van der Waals surface area (Å²) >= 11 is 3.48. The van der Waals surface area contributed by atoms with Gasteiger partial charge in [0.2, 0.25) is 0 Å². The summed E-state index contributed by atoms with van der Waals surface area (Å²) in [5.74, 6) is 1.46. The van der Waals surface area contributed by atoms with Crippen LogP contribution in [0.4, 0.5) is 0 Å². The Morgan fingerprint density at radius 1 is 1.29 bits per heavy atom. The number of aryl methyl sites for hydroxylation is 2. The van der Waals surface area contributed by atoms with E-state index in [9.17, 15) is 4.79 Å². The molecule has 4 heteroatoms. The van der Waals surface area contributed by atoms with Crippen molar-refractivity contribution >= 4 is 21.8 Å². The van der Waals surface area contributed by atoms with Crippen LogP contribution < -0.4 is 5.32 Å². The first-order chi connectivity index (χ1) is 7.82. The van der Waals surface area contributed by atoms with Crippen molar-refractivity contribution in [3.8, 4) is 0 Å². The van der Waals surface area contributed by atoms with E-state index in [4.69, 9.17) is 4.42 Å². The summed E-state index contributed by atoms with van der Waals surface area (Å²) in [4.78, 5) is 12.5. The average molecular weight is 302 g/mol. The zero-order valence-electron chi connectivity index (χ0n) is 11.1. The Kier molecular flexibility index (Phi) is 4.80. The lowest BCUT2D eigenvalue weighted by Crippen LogP contribution is -2.34. The summed E-state index contributed by atoms with van der Waals surface area (Å²) in [5, 5.41) is 2.99. The monoisotopic (exact) mass is 301 g/mol. The van der Waals surface area contributed by atoms with Crippen LogP contribution in [-0.4, -0.2) is 16.8 Å². The molecule has 0 aromatic carbocycles. The fourth-order valence-electron chi connectivity index (χ4n) is 1.97. The van der Waals surface area contributed by atoms with E-state index in [1.165, 1.54) is 0 Å². The van der Waals surface area contributed by atoms with E-state index >= 15 is 0 Å².